The highest BCUT2D eigenvalue weighted by Gasteiger charge is 2.67. The number of halogens is 3. The number of alkyl halides is 3. The molecule has 1 aliphatic rings. The topological polar surface area (TPSA) is 12.5 Å². The van der Waals surface area contributed by atoms with E-state index >= 15 is 0 Å². The molecule has 1 atom stereocenters. The van der Waals surface area contributed by atoms with Crippen LogP contribution in [0.1, 0.15) is 31.4 Å². The molecule has 4 heteroatoms. The highest BCUT2D eigenvalue weighted by Crippen LogP contribution is 2.51. The van der Waals surface area contributed by atoms with E-state index in [0.29, 0.717) is 0 Å². The van der Waals surface area contributed by atoms with Crippen LogP contribution in [0.5, 0.6) is 0 Å². The second-order valence-electron chi connectivity index (χ2n) is 5.66. The number of rotatable bonds is 3. The molecule has 0 bridgehead atoms. The van der Waals surface area contributed by atoms with Crippen molar-refractivity contribution in [3.8, 4) is 0 Å². The van der Waals surface area contributed by atoms with Gasteiger partial charge in [0.05, 0.1) is 6.61 Å². The van der Waals surface area contributed by atoms with E-state index < -0.39 is 17.2 Å². The van der Waals surface area contributed by atoms with Crippen molar-refractivity contribution >= 4 is 0 Å². The summed E-state index contributed by atoms with van der Waals surface area (Å²) in [6.45, 7) is 5.38. The van der Waals surface area contributed by atoms with Crippen LogP contribution in [0, 0.1) is 6.92 Å². The Hall–Kier alpha value is -1.03. The molecule has 2 rings (SSSR count). The van der Waals surface area contributed by atoms with Gasteiger partial charge in [-0.25, -0.2) is 0 Å². The summed E-state index contributed by atoms with van der Waals surface area (Å²) in [6, 6.07) is 7.56. The molecule has 0 unspecified atom stereocenters. The lowest BCUT2D eigenvalue weighted by atomic mass is 9.75. The molecule has 1 fully saturated rings. The Bertz CT molecular complexity index is 445. The van der Waals surface area contributed by atoms with E-state index in [-0.39, 0.29) is 13.0 Å². The summed E-state index contributed by atoms with van der Waals surface area (Å²) in [7, 11) is 0. The number of benzene rings is 1. The Morgan fingerprint density at radius 2 is 1.78 bits per heavy atom. The number of hydrogen-bond donors (Lipinski definition) is 0. The molecule has 18 heavy (non-hydrogen) atoms. The third kappa shape index (κ3) is 2.26. The van der Waals surface area contributed by atoms with Crippen molar-refractivity contribution in [2.24, 2.45) is 0 Å². The monoisotopic (exact) mass is 258 g/mol. The molecular weight excluding hydrogens is 241 g/mol. The summed E-state index contributed by atoms with van der Waals surface area (Å²) in [5, 5.41) is 0. The molecule has 0 amide bonds. The smallest absolute Gasteiger partial charge is 0.360 e. The number of aryl methyl sites for hydroxylation is 1. The molecule has 100 valence electrons. The zero-order valence-electron chi connectivity index (χ0n) is 10.8. The summed E-state index contributed by atoms with van der Waals surface area (Å²) >= 11 is 0. The minimum Gasteiger partial charge on any atom is -0.360 e. The quantitative estimate of drug-likeness (QED) is 0.747. The molecule has 0 radical (unpaired) electrons. The van der Waals surface area contributed by atoms with Gasteiger partial charge in [-0.15, -0.1) is 0 Å². The van der Waals surface area contributed by atoms with Gasteiger partial charge in [-0.1, -0.05) is 38.1 Å². The molecule has 0 spiro atoms. The van der Waals surface area contributed by atoms with Crippen molar-refractivity contribution in [1.82, 2.24) is 0 Å². The third-order valence-corrected chi connectivity index (χ3v) is 3.61. The molecule has 1 saturated heterocycles. The first-order valence-electron chi connectivity index (χ1n) is 5.95. The van der Waals surface area contributed by atoms with Crippen molar-refractivity contribution < 1.29 is 17.9 Å². The maximum atomic E-state index is 12.9. The highest BCUT2D eigenvalue weighted by molar-refractivity contribution is 5.33. The van der Waals surface area contributed by atoms with Crippen LogP contribution in [0.3, 0.4) is 0 Å². The second kappa shape index (κ2) is 3.98. The highest BCUT2D eigenvalue weighted by atomic mass is 19.4. The third-order valence-electron chi connectivity index (χ3n) is 3.61. The average molecular weight is 258 g/mol. The van der Waals surface area contributed by atoms with Crippen molar-refractivity contribution in [1.29, 1.82) is 0 Å². The summed E-state index contributed by atoms with van der Waals surface area (Å²) in [6.07, 6.45) is -4.32. The minimum absolute atomic E-state index is 0.0334. The van der Waals surface area contributed by atoms with Gasteiger partial charge in [0.25, 0.3) is 0 Å². The van der Waals surface area contributed by atoms with Gasteiger partial charge in [0.15, 0.2) is 5.60 Å². The molecule has 0 aromatic heterocycles. The van der Waals surface area contributed by atoms with Gasteiger partial charge in [-0.2, -0.15) is 13.2 Å². The van der Waals surface area contributed by atoms with Crippen LogP contribution in [0.4, 0.5) is 13.2 Å². The van der Waals surface area contributed by atoms with E-state index in [9.17, 15) is 13.2 Å². The largest absolute Gasteiger partial charge is 0.419 e. The summed E-state index contributed by atoms with van der Waals surface area (Å²) < 4.78 is 43.5. The van der Waals surface area contributed by atoms with Gasteiger partial charge >= 0.3 is 6.18 Å². The van der Waals surface area contributed by atoms with Gasteiger partial charge < -0.3 is 4.74 Å². The van der Waals surface area contributed by atoms with Gasteiger partial charge in [0, 0.05) is 0 Å². The molecule has 0 saturated carbocycles. The summed E-state index contributed by atoms with van der Waals surface area (Å²) in [5.41, 5.74) is -0.527. The van der Waals surface area contributed by atoms with Crippen LogP contribution in [0.25, 0.3) is 0 Å². The maximum absolute atomic E-state index is 12.9. The predicted octanol–water partition coefficient (Wildman–Crippen LogP) is 3.99. The number of ether oxygens (including phenoxy) is 1. The first-order chi connectivity index (χ1) is 8.18. The van der Waals surface area contributed by atoms with E-state index in [4.69, 9.17) is 4.74 Å². The van der Waals surface area contributed by atoms with Gasteiger partial charge in [0.1, 0.15) is 0 Å². The normalized spacial score (nSPS) is 24.1. The minimum atomic E-state index is -4.28. The van der Waals surface area contributed by atoms with Crippen LogP contribution in [0.2, 0.25) is 0 Å². The summed E-state index contributed by atoms with van der Waals surface area (Å²) in [4.78, 5) is 0. The maximum Gasteiger partial charge on any atom is 0.419 e. The lowest BCUT2D eigenvalue weighted by Gasteiger charge is -2.31. The number of epoxide rings is 1. The second-order valence-corrected chi connectivity index (χ2v) is 5.66. The lowest BCUT2D eigenvalue weighted by molar-refractivity contribution is -0.188. The van der Waals surface area contributed by atoms with E-state index in [0.717, 1.165) is 11.1 Å². The fraction of sp³-hybridized carbons (Fsp3) is 0.571. The fourth-order valence-corrected chi connectivity index (χ4v) is 2.59. The van der Waals surface area contributed by atoms with Crippen LogP contribution in [0.15, 0.2) is 24.3 Å². The Morgan fingerprint density at radius 1 is 1.22 bits per heavy atom. The van der Waals surface area contributed by atoms with E-state index in [1.54, 1.807) is 0 Å². The van der Waals surface area contributed by atoms with E-state index in [1.165, 1.54) is 0 Å². The molecule has 1 aliphatic heterocycles. The molecular formula is C14H17F3O. The van der Waals surface area contributed by atoms with E-state index in [1.807, 2.05) is 45.0 Å². The van der Waals surface area contributed by atoms with Gasteiger partial charge in [0.2, 0.25) is 0 Å². The zero-order valence-corrected chi connectivity index (χ0v) is 10.8. The van der Waals surface area contributed by atoms with Gasteiger partial charge in [-0.05, 0) is 29.9 Å². The first kappa shape index (κ1) is 13.4. The predicted molar refractivity (Wildman–Crippen MR) is 63.6 cm³/mol. The molecule has 0 N–H and O–H groups in total. The van der Waals surface area contributed by atoms with Gasteiger partial charge in [-0.3, -0.25) is 0 Å². The van der Waals surface area contributed by atoms with Crippen LogP contribution >= 0.6 is 0 Å². The van der Waals surface area contributed by atoms with Crippen molar-refractivity contribution in [2.75, 3.05) is 6.61 Å². The standard InChI is InChI=1S/C14H17F3O/c1-10-6-4-5-7-11(10)12(2,3)8-13(9-18-13)14(15,16)17/h4-7H,8-9H2,1-3H3/t13-/m1/s1. The lowest BCUT2D eigenvalue weighted by Crippen LogP contribution is -2.39. The molecule has 1 aromatic carbocycles. The molecule has 1 aromatic rings. The Balaban J connectivity index is 2.26. The van der Waals surface area contributed by atoms with Crippen LogP contribution in [-0.4, -0.2) is 18.4 Å². The average Bonchev–Trinajstić information content (AvgIpc) is 2.97. The molecule has 1 heterocycles. The number of hydrogen-bond acceptors (Lipinski definition) is 1. The summed E-state index contributed by atoms with van der Waals surface area (Å²) in [5.74, 6) is 0. The Labute approximate surface area is 105 Å². The SMILES string of the molecule is Cc1ccccc1C(C)(C)C[C@]1(C(F)(F)F)CO1. The molecule has 1 nitrogen and oxygen atoms in total. The Morgan fingerprint density at radius 3 is 2.22 bits per heavy atom. The zero-order chi connectivity index (χ0) is 13.6. The van der Waals surface area contributed by atoms with Crippen LogP contribution < -0.4 is 0 Å². The molecule has 0 aliphatic carbocycles. The van der Waals surface area contributed by atoms with Crippen molar-refractivity contribution in [3.05, 3.63) is 35.4 Å². The van der Waals surface area contributed by atoms with Crippen LogP contribution in [-0.2, 0) is 10.2 Å². The van der Waals surface area contributed by atoms with Crippen molar-refractivity contribution in [2.45, 2.75) is 44.4 Å². The first-order valence-corrected chi connectivity index (χ1v) is 5.95. The Kier molecular flexibility index (Phi) is 2.97. The fourth-order valence-electron chi connectivity index (χ4n) is 2.59. The van der Waals surface area contributed by atoms with Crippen molar-refractivity contribution in [3.63, 3.8) is 0 Å². The van der Waals surface area contributed by atoms with E-state index in [2.05, 4.69) is 0 Å².